The molecular formula is C35H32ClF3N6O2. The number of hydrogen-bond donors (Lipinski definition) is 0. The van der Waals surface area contributed by atoms with Crippen molar-refractivity contribution in [3.05, 3.63) is 83.2 Å². The minimum absolute atomic E-state index is 0.00563. The molecule has 0 saturated carbocycles. The minimum atomic E-state index is -0.946. The molecule has 3 aromatic carbocycles. The maximum Gasteiger partial charge on any atom is 0.319 e. The fourth-order valence-electron chi connectivity index (χ4n) is 7.54. The Balaban J connectivity index is 1.34. The summed E-state index contributed by atoms with van der Waals surface area (Å²) in [5.74, 6) is -1.14. The molecule has 242 valence electrons. The van der Waals surface area contributed by atoms with E-state index in [0.717, 1.165) is 19.4 Å². The van der Waals surface area contributed by atoms with Gasteiger partial charge in [-0.05, 0) is 48.5 Å². The smallest absolute Gasteiger partial charge is 0.319 e. The molecule has 0 aliphatic carbocycles. The first kappa shape index (κ1) is 31.2. The van der Waals surface area contributed by atoms with Gasteiger partial charge in [0.25, 0.3) is 0 Å². The van der Waals surface area contributed by atoms with Gasteiger partial charge in [0.2, 0.25) is 12.5 Å². The van der Waals surface area contributed by atoms with Crippen molar-refractivity contribution in [2.45, 2.75) is 37.0 Å². The lowest BCUT2D eigenvalue weighted by molar-refractivity contribution is -0.128. The molecule has 0 N–H and O–H groups in total. The zero-order valence-electron chi connectivity index (χ0n) is 25.6. The van der Waals surface area contributed by atoms with Gasteiger partial charge in [-0.2, -0.15) is 9.97 Å². The number of carbonyl (C=O) groups excluding carboxylic acids is 1. The average Bonchev–Trinajstić information content (AvgIpc) is 3.60. The quantitative estimate of drug-likeness (QED) is 0.168. The van der Waals surface area contributed by atoms with Gasteiger partial charge in [0.1, 0.15) is 36.0 Å². The molecule has 47 heavy (non-hydrogen) atoms. The minimum Gasteiger partial charge on any atom is -0.461 e. The highest BCUT2D eigenvalue weighted by Crippen LogP contribution is 2.42. The molecule has 7 rings (SSSR count). The van der Waals surface area contributed by atoms with Crippen molar-refractivity contribution in [1.82, 2.24) is 19.8 Å². The maximum absolute atomic E-state index is 16.8. The normalized spacial score (nSPS) is 22.9. The van der Waals surface area contributed by atoms with Gasteiger partial charge in [0, 0.05) is 48.9 Å². The number of nitrogens with zero attached hydrogens (tertiary/aromatic N) is 6. The summed E-state index contributed by atoms with van der Waals surface area (Å²) in [6.45, 7) is 13.4. The van der Waals surface area contributed by atoms with Crippen LogP contribution in [0.4, 0.5) is 19.0 Å². The van der Waals surface area contributed by atoms with Crippen molar-refractivity contribution in [2.24, 2.45) is 0 Å². The lowest BCUT2D eigenvalue weighted by Gasteiger charge is -2.39. The van der Waals surface area contributed by atoms with Crippen molar-refractivity contribution >= 4 is 45.0 Å². The summed E-state index contributed by atoms with van der Waals surface area (Å²) < 4.78 is 52.1. The summed E-state index contributed by atoms with van der Waals surface area (Å²) in [5.41, 5.74) is 0.103. The topological polar surface area (TPSA) is 66.2 Å². The van der Waals surface area contributed by atoms with Gasteiger partial charge in [-0.15, -0.1) is 0 Å². The standard InChI is InChI=1S/C35H32ClF3N6O2/c1-3-28(46)45-15-14-43(19-23(45)17-40-2)33-26-10-9-25(24-7-4-6-21-8-11-27(38)30(36)29(21)24)31(39)32(26)41-34(42-33)47-20-35-12-5-13-44(35)18-22(37)16-35/h3-4,6-11,22-23H,1,5,12-20H2/t22-,23+,35+/m1/s1. The van der Waals surface area contributed by atoms with Crippen LogP contribution in [0.15, 0.2) is 55.1 Å². The van der Waals surface area contributed by atoms with Gasteiger partial charge in [0.05, 0.1) is 10.6 Å². The Morgan fingerprint density at radius 3 is 2.79 bits per heavy atom. The number of rotatable bonds is 7. The van der Waals surface area contributed by atoms with Gasteiger partial charge in [0.15, 0.2) is 5.82 Å². The number of fused-ring (bicyclic) bond motifs is 3. The van der Waals surface area contributed by atoms with E-state index in [4.69, 9.17) is 27.9 Å². The van der Waals surface area contributed by atoms with Crippen LogP contribution in [0.25, 0.3) is 37.6 Å². The van der Waals surface area contributed by atoms with Crippen molar-refractivity contribution in [3.8, 4) is 17.1 Å². The monoisotopic (exact) mass is 660 g/mol. The summed E-state index contributed by atoms with van der Waals surface area (Å²) in [6.07, 6.45) is 2.35. The maximum atomic E-state index is 16.8. The number of anilines is 1. The third-order valence-corrected chi connectivity index (χ3v) is 10.1. The fourth-order valence-corrected chi connectivity index (χ4v) is 7.81. The largest absolute Gasteiger partial charge is 0.461 e. The number of alkyl halides is 1. The molecule has 3 saturated heterocycles. The second-order valence-corrected chi connectivity index (χ2v) is 12.8. The van der Waals surface area contributed by atoms with E-state index in [1.807, 2.05) is 4.90 Å². The summed E-state index contributed by atoms with van der Waals surface area (Å²) in [7, 11) is 0. The number of amides is 1. The second-order valence-electron chi connectivity index (χ2n) is 12.5. The van der Waals surface area contributed by atoms with Crippen molar-refractivity contribution < 1.29 is 22.7 Å². The van der Waals surface area contributed by atoms with Gasteiger partial charge in [-0.25, -0.2) is 19.7 Å². The Kier molecular flexibility index (Phi) is 8.18. The number of ether oxygens (including phenoxy) is 1. The van der Waals surface area contributed by atoms with Crippen molar-refractivity contribution in [2.75, 3.05) is 50.8 Å². The van der Waals surface area contributed by atoms with E-state index in [0.29, 0.717) is 53.6 Å². The number of benzene rings is 3. The highest BCUT2D eigenvalue weighted by atomic mass is 35.5. The summed E-state index contributed by atoms with van der Waals surface area (Å²) in [5, 5.41) is 1.34. The van der Waals surface area contributed by atoms with Crippen molar-refractivity contribution in [1.29, 1.82) is 0 Å². The van der Waals surface area contributed by atoms with Gasteiger partial charge in [-0.3, -0.25) is 9.69 Å². The van der Waals surface area contributed by atoms with E-state index in [-0.39, 0.29) is 47.7 Å². The molecule has 12 heteroatoms. The molecule has 3 atom stereocenters. The zero-order chi connectivity index (χ0) is 32.9. The van der Waals surface area contributed by atoms with Crippen LogP contribution in [0.5, 0.6) is 6.01 Å². The molecule has 3 aliphatic heterocycles. The van der Waals surface area contributed by atoms with E-state index >= 15 is 4.39 Å². The van der Waals surface area contributed by atoms with E-state index in [1.165, 1.54) is 12.1 Å². The van der Waals surface area contributed by atoms with Crippen LogP contribution in [0.3, 0.4) is 0 Å². The third-order valence-electron chi connectivity index (χ3n) is 9.76. The van der Waals surface area contributed by atoms with Crippen LogP contribution in [0.2, 0.25) is 5.02 Å². The molecule has 8 nitrogen and oxygen atoms in total. The molecule has 0 bridgehead atoms. The Bertz CT molecular complexity index is 1950. The van der Waals surface area contributed by atoms with E-state index in [1.54, 1.807) is 41.3 Å². The predicted molar refractivity (Wildman–Crippen MR) is 175 cm³/mol. The van der Waals surface area contributed by atoms with E-state index in [2.05, 4.69) is 21.3 Å². The summed E-state index contributed by atoms with van der Waals surface area (Å²) >= 11 is 6.41. The van der Waals surface area contributed by atoms with Crippen LogP contribution in [-0.4, -0.2) is 89.3 Å². The van der Waals surface area contributed by atoms with E-state index in [9.17, 15) is 13.6 Å². The SMILES string of the molecule is [C-]#[N+]C[C@H]1CN(c2nc(OC[C@@]34CCCN3C[C@H](F)C4)nc3c(F)c(-c4cccc5ccc(F)c(Cl)c45)ccc23)CCN1C(=O)C=C. The lowest BCUT2D eigenvalue weighted by atomic mass is 9.95. The molecule has 3 fully saturated rings. The van der Waals surface area contributed by atoms with Gasteiger partial charge in [-0.1, -0.05) is 48.5 Å². The Labute approximate surface area is 275 Å². The molecular weight excluding hydrogens is 629 g/mol. The molecule has 4 heterocycles. The molecule has 3 aliphatic rings. The molecule has 4 aromatic rings. The molecule has 0 radical (unpaired) electrons. The van der Waals surface area contributed by atoms with Crippen LogP contribution in [-0.2, 0) is 4.79 Å². The highest BCUT2D eigenvalue weighted by Gasteiger charge is 2.49. The third kappa shape index (κ3) is 5.43. The fraction of sp³-hybridized carbons (Fsp3) is 0.371. The number of hydrogen-bond acceptors (Lipinski definition) is 6. The number of carbonyl (C=O) groups is 1. The highest BCUT2D eigenvalue weighted by molar-refractivity contribution is 6.37. The van der Waals surface area contributed by atoms with Crippen LogP contribution >= 0.6 is 11.6 Å². The van der Waals surface area contributed by atoms with Crippen LogP contribution < -0.4 is 9.64 Å². The van der Waals surface area contributed by atoms with Crippen LogP contribution in [0.1, 0.15) is 19.3 Å². The first-order valence-corrected chi connectivity index (χ1v) is 16.0. The van der Waals surface area contributed by atoms with Gasteiger partial charge >= 0.3 is 6.01 Å². The second kappa shape index (κ2) is 12.3. The Hall–Kier alpha value is -4.40. The number of halogens is 4. The van der Waals surface area contributed by atoms with E-state index < -0.39 is 29.4 Å². The zero-order valence-corrected chi connectivity index (χ0v) is 26.3. The first-order valence-electron chi connectivity index (χ1n) is 15.6. The Morgan fingerprint density at radius 1 is 1.13 bits per heavy atom. The molecule has 0 unspecified atom stereocenters. The number of piperazine rings is 1. The van der Waals surface area contributed by atoms with Crippen LogP contribution in [0, 0.1) is 18.2 Å². The van der Waals surface area contributed by atoms with Gasteiger partial charge < -0.3 is 19.4 Å². The molecule has 1 aromatic heterocycles. The molecule has 1 amide bonds. The van der Waals surface area contributed by atoms with Crippen molar-refractivity contribution in [3.63, 3.8) is 0 Å². The first-order chi connectivity index (χ1) is 22.7. The lowest BCUT2D eigenvalue weighted by Crippen LogP contribution is -2.56. The Morgan fingerprint density at radius 2 is 1.98 bits per heavy atom. The average molecular weight is 661 g/mol. The summed E-state index contributed by atoms with van der Waals surface area (Å²) in [4.78, 5) is 31.1. The summed E-state index contributed by atoms with van der Waals surface area (Å²) in [6, 6.07) is 10.9. The number of aromatic nitrogens is 2. The predicted octanol–water partition coefficient (Wildman–Crippen LogP) is 6.46. The molecule has 0 spiro atoms.